The second-order valence-corrected chi connectivity index (χ2v) is 5.26. The summed E-state index contributed by atoms with van der Waals surface area (Å²) < 4.78 is 0. The average molecular weight is 250 g/mol. The Labute approximate surface area is 108 Å². The molecule has 0 aliphatic rings. The van der Waals surface area contributed by atoms with Crippen LogP contribution in [0.5, 0.6) is 0 Å². The molecule has 0 aliphatic heterocycles. The van der Waals surface area contributed by atoms with Crippen LogP contribution in [-0.4, -0.2) is 35.1 Å². The first kappa shape index (κ1) is 14.7. The summed E-state index contributed by atoms with van der Waals surface area (Å²) in [4.78, 5) is 13.7. The van der Waals surface area contributed by atoms with Gasteiger partial charge in [0.1, 0.15) is 6.04 Å². The van der Waals surface area contributed by atoms with Crippen LogP contribution in [0, 0.1) is 6.92 Å². The maximum atomic E-state index is 12.2. The molecule has 0 saturated carbocycles. The fraction of sp³-hybridized carbons (Fsp3) is 0.500. The lowest BCUT2D eigenvalue weighted by Gasteiger charge is -2.35. The van der Waals surface area contributed by atoms with E-state index < -0.39 is 11.6 Å². The van der Waals surface area contributed by atoms with Gasteiger partial charge in [0.05, 0.1) is 12.1 Å². The van der Waals surface area contributed by atoms with Gasteiger partial charge in [0.15, 0.2) is 0 Å². The minimum Gasteiger partial charge on any atom is -0.394 e. The van der Waals surface area contributed by atoms with Crippen molar-refractivity contribution < 1.29 is 9.90 Å². The van der Waals surface area contributed by atoms with E-state index in [2.05, 4.69) is 0 Å². The second-order valence-electron chi connectivity index (χ2n) is 5.26. The predicted molar refractivity (Wildman–Crippen MR) is 72.0 cm³/mol. The number of nitrogens with zero attached hydrogens (tertiary/aromatic N) is 1. The number of aliphatic hydroxyl groups is 1. The second kappa shape index (κ2) is 5.50. The lowest BCUT2D eigenvalue weighted by Crippen LogP contribution is -2.50. The van der Waals surface area contributed by atoms with Crippen molar-refractivity contribution in [2.45, 2.75) is 32.4 Å². The third-order valence-corrected chi connectivity index (χ3v) is 3.33. The molecule has 1 rings (SSSR count). The van der Waals surface area contributed by atoms with Gasteiger partial charge in [-0.2, -0.15) is 0 Å². The number of carbonyl (C=O) groups excluding carboxylic acids is 1. The minimum atomic E-state index is -0.693. The number of nitrogens with two attached hydrogens (primary N) is 1. The van der Waals surface area contributed by atoms with Gasteiger partial charge in [-0.1, -0.05) is 29.8 Å². The summed E-state index contributed by atoms with van der Waals surface area (Å²) in [6.07, 6.45) is 0. The zero-order valence-electron chi connectivity index (χ0n) is 11.5. The fourth-order valence-corrected chi connectivity index (χ4v) is 1.53. The largest absolute Gasteiger partial charge is 0.394 e. The Morgan fingerprint density at radius 3 is 2.33 bits per heavy atom. The fourth-order valence-electron chi connectivity index (χ4n) is 1.53. The number of hydrogen-bond donors (Lipinski definition) is 2. The van der Waals surface area contributed by atoms with E-state index in [4.69, 9.17) is 5.73 Å². The van der Waals surface area contributed by atoms with Crippen LogP contribution in [0.2, 0.25) is 0 Å². The summed E-state index contributed by atoms with van der Waals surface area (Å²) in [6.45, 7) is 5.48. The molecule has 3 N–H and O–H groups in total. The standard InChI is InChI=1S/C14H22N2O2/c1-10-5-7-11(8-6-10)12(15)13(18)16(4)14(2,3)9-17/h5-8,12,17H,9,15H2,1-4H3. The molecule has 4 heteroatoms. The maximum absolute atomic E-state index is 12.2. The van der Waals surface area contributed by atoms with E-state index in [0.29, 0.717) is 0 Å². The summed E-state index contributed by atoms with van der Waals surface area (Å²) in [5.41, 5.74) is 7.27. The van der Waals surface area contributed by atoms with E-state index in [1.54, 1.807) is 20.9 Å². The Balaban J connectivity index is 2.87. The van der Waals surface area contributed by atoms with Gasteiger partial charge >= 0.3 is 0 Å². The predicted octanol–water partition coefficient (Wildman–Crippen LogP) is 1.22. The topological polar surface area (TPSA) is 66.6 Å². The van der Waals surface area contributed by atoms with Crippen LogP contribution in [0.1, 0.15) is 31.0 Å². The number of aliphatic hydroxyl groups excluding tert-OH is 1. The minimum absolute atomic E-state index is 0.101. The molecule has 1 aromatic carbocycles. The Bertz CT molecular complexity index is 412. The molecule has 0 aromatic heterocycles. The molecule has 0 spiro atoms. The molecule has 100 valence electrons. The molecule has 0 fully saturated rings. The highest BCUT2D eigenvalue weighted by atomic mass is 16.3. The Morgan fingerprint density at radius 2 is 1.89 bits per heavy atom. The SMILES string of the molecule is Cc1ccc(C(N)C(=O)N(C)C(C)(C)CO)cc1. The number of carbonyl (C=O) groups is 1. The number of benzene rings is 1. The highest BCUT2D eigenvalue weighted by Gasteiger charge is 2.30. The van der Waals surface area contributed by atoms with E-state index >= 15 is 0 Å². The van der Waals surface area contributed by atoms with Crippen LogP contribution in [-0.2, 0) is 4.79 Å². The monoisotopic (exact) mass is 250 g/mol. The smallest absolute Gasteiger partial charge is 0.244 e. The van der Waals surface area contributed by atoms with Crippen molar-refractivity contribution in [3.05, 3.63) is 35.4 Å². The normalized spacial score (nSPS) is 13.2. The molecule has 1 atom stereocenters. The average Bonchev–Trinajstić information content (AvgIpc) is 2.37. The van der Waals surface area contributed by atoms with E-state index in [0.717, 1.165) is 11.1 Å². The van der Waals surface area contributed by atoms with Gasteiger partial charge in [-0.05, 0) is 26.3 Å². The molecule has 0 aliphatic carbocycles. The van der Waals surface area contributed by atoms with Crippen molar-refractivity contribution in [1.82, 2.24) is 4.90 Å². The first-order valence-electron chi connectivity index (χ1n) is 6.00. The summed E-state index contributed by atoms with van der Waals surface area (Å²) >= 11 is 0. The molecule has 0 saturated heterocycles. The lowest BCUT2D eigenvalue weighted by molar-refractivity contribution is -0.137. The first-order valence-corrected chi connectivity index (χ1v) is 6.00. The molecule has 1 amide bonds. The Morgan fingerprint density at radius 1 is 1.39 bits per heavy atom. The van der Waals surface area contributed by atoms with Gasteiger partial charge < -0.3 is 15.7 Å². The highest BCUT2D eigenvalue weighted by molar-refractivity contribution is 5.83. The molecule has 1 aromatic rings. The zero-order chi connectivity index (χ0) is 13.9. The first-order chi connectivity index (χ1) is 8.29. The third-order valence-electron chi connectivity index (χ3n) is 3.33. The van der Waals surface area contributed by atoms with Gasteiger partial charge in [0.2, 0.25) is 5.91 Å². The van der Waals surface area contributed by atoms with Gasteiger partial charge in [0, 0.05) is 7.05 Å². The number of rotatable bonds is 4. The van der Waals surface area contributed by atoms with Gasteiger partial charge in [-0.25, -0.2) is 0 Å². The molecule has 1 unspecified atom stereocenters. The highest BCUT2D eigenvalue weighted by Crippen LogP contribution is 2.19. The van der Waals surface area contributed by atoms with Crippen LogP contribution in [0.3, 0.4) is 0 Å². The van der Waals surface area contributed by atoms with Crippen LogP contribution in [0.25, 0.3) is 0 Å². The molecule has 0 bridgehead atoms. The summed E-state index contributed by atoms with van der Waals surface area (Å²) in [7, 11) is 1.66. The van der Waals surface area contributed by atoms with E-state index in [1.807, 2.05) is 31.2 Å². The Kier molecular flexibility index (Phi) is 4.48. The Hall–Kier alpha value is -1.39. The molecule has 0 heterocycles. The van der Waals surface area contributed by atoms with E-state index in [-0.39, 0.29) is 12.5 Å². The summed E-state index contributed by atoms with van der Waals surface area (Å²) in [6, 6.07) is 6.88. The van der Waals surface area contributed by atoms with Crippen LogP contribution in [0.15, 0.2) is 24.3 Å². The van der Waals surface area contributed by atoms with E-state index in [1.165, 1.54) is 4.90 Å². The van der Waals surface area contributed by atoms with E-state index in [9.17, 15) is 9.90 Å². The number of aryl methyl sites for hydroxylation is 1. The van der Waals surface area contributed by atoms with Gasteiger partial charge in [-0.15, -0.1) is 0 Å². The lowest BCUT2D eigenvalue weighted by atomic mass is 10.0. The van der Waals surface area contributed by atoms with Crippen LogP contribution < -0.4 is 5.73 Å². The van der Waals surface area contributed by atoms with Crippen molar-refractivity contribution in [2.24, 2.45) is 5.73 Å². The molecule has 0 radical (unpaired) electrons. The van der Waals surface area contributed by atoms with Crippen molar-refractivity contribution in [2.75, 3.05) is 13.7 Å². The molecular formula is C14H22N2O2. The van der Waals surface area contributed by atoms with Crippen molar-refractivity contribution >= 4 is 5.91 Å². The summed E-state index contributed by atoms with van der Waals surface area (Å²) in [5, 5.41) is 9.27. The maximum Gasteiger partial charge on any atom is 0.244 e. The molecule has 4 nitrogen and oxygen atoms in total. The quantitative estimate of drug-likeness (QED) is 0.844. The number of likely N-dealkylation sites (N-methyl/N-ethyl adjacent to an activating group) is 1. The molecule has 18 heavy (non-hydrogen) atoms. The van der Waals surface area contributed by atoms with Crippen molar-refractivity contribution in [1.29, 1.82) is 0 Å². The van der Waals surface area contributed by atoms with Crippen molar-refractivity contribution in [3.8, 4) is 0 Å². The number of hydrogen-bond acceptors (Lipinski definition) is 3. The van der Waals surface area contributed by atoms with Gasteiger partial charge in [0.25, 0.3) is 0 Å². The zero-order valence-corrected chi connectivity index (χ0v) is 11.5. The third kappa shape index (κ3) is 3.09. The van der Waals surface area contributed by atoms with Crippen LogP contribution >= 0.6 is 0 Å². The number of amides is 1. The van der Waals surface area contributed by atoms with Gasteiger partial charge in [-0.3, -0.25) is 4.79 Å². The van der Waals surface area contributed by atoms with Crippen molar-refractivity contribution in [3.63, 3.8) is 0 Å². The summed E-state index contributed by atoms with van der Waals surface area (Å²) in [5.74, 6) is -0.196. The van der Waals surface area contributed by atoms with Crippen LogP contribution in [0.4, 0.5) is 0 Å². The molecular weight excluding hydrogens is 228 g/mol.